The van der Waals surface area contributed by atoms with E-state index in [0.717, 1.165) is 0 Å². The number of benzene rings is 2. The van der Waals surface area contributed by atoms with Gasteiger partial charge in [-0.15, -0.1) is 0 Å². The van der Waals surface area contributed by atoms with Gasteiger partial charge in [-0.3, -0.25) is 9.10 Å². The monoisotopic (exact) mass is 402 g/mol. The van der Waals surface area contributed by atoms with Crippen LogP contribution in [0.1, 0.15) is 6.92 Å². The third-order valence-corrected chi connectivity index (χ3v) is 5.96. The van der Waals surface area contributed by atoms with Gasteiger partial charge in [0.2, 0.25) is 10.0 Å². The summed E-state index contributed by atoms with van der Waals surface area (Å²) in [5.41, 5.74) is 1.00. The highest BCUT2D eigenvalue weighted by Gasteiger charge is 2.35. The van der Waals surface area contributed by atoms with Crippen LogP contribution in [0.5, 0.6) is 11.5 Å². The molecule has 1 heterocycles. The largest absolute Gasteiger partial charge is 0.490 e. The zero-order valence-corrected chi connectivity index (χ0v) is 16.3. The predicted octanol–water partition coefficient (Wildman–Crippen LogP) is 2.81. The lowest BCUT2D eigenvalue weighted by Gasteiger charge is -2.34. The number of anilines is 2. The lowest BCUT2D eigenvalue weighted by atomic mass is 10.2. The molecule has 0 saturated carbocycles. The number of hydrogen-bond donors (Lipinski definition) is 1. The normalized spacial score (nSPS) is 15.9. The molecule has 0 fully saturated rings. The van der Waals surface area contributed by atoms with Crippen LogP contribution in [0.25, 0.3) is 0 Å². The van der Waals surface area contributed by atoms with Crippen LogP contribution in [0.3, 0.4) is 0 Å². The Kier molecular flexibility index (Phi) is 5.89. The number of nitrogens with zero attached hydrogens (tertiary/aromatic N) is 1. The van der Waals surface area contributed by atoms with Crippen molar-refractivity contribution in [1.82, 2.24) is 0 Å². The zero-order valence-electron chi connectivity index (χ0n) is 15.5. The number of ether oxygens (including phenoxy) is 2. The first-order valence-corrected chi connectivity index (χ1v) is 10.5. The van der Waals surface area contributed by atoms with Gasteiger partial charge < -0.3 is 14.8 Å². The molecule has 2 aromatic rings. The Hall–Kier alpha value is -3.00. The average molecular weight is 402 g/mol. The predicted molar refractivity (Wildman–Crippen MR) is 108 cm³/mol. The number of sulfonamides is 1. The Morgan fingerprint density at radius 3 is 2.68 bits per heavy atom. The highest BCUT2D eigenvalue weighted by atomic mass is 32.2. The lowest BCUT2D eigenvalue weighted by Crippen LogP contribution is -2.49. The maximum absolute atomic E-state index is 12.7. The highest BCUT2D eigenvalue weighted by molar-refractivity contribution is 7.92. The van der Waals surface area contributed by atoms with Crippen LogP contribution in [0, 0.1) is 0 Å². The molecule has 0 unspecified atom stereocenters. The summed E-state index contributed by atoms with van der Waals surface area (Å²) >= 11 is 0. The van der Waals surface area contributed by atoms with E-state index in [1.54, 1.807) is 61.5 Å². The summed E-state index contributed by atoms with van der Waals surface area (Å²) in [5.74, 6) is 0.521. The Balaban J connectivity index is 1.76. The van der Waals surface area contributed by atoms with Gasteiger partial charge in [0.15, 0.2) is 6.10 Å². The van der Waals surface area contributed by atoms with Crippen LogP contribution in [-0.2, 0) is 14.8 Å². The molecule has 1 amide bonds. The Morgan fingerprint density at radius 2 is 2.00 bits per heavy atom. The fourth-order valence-corrected chi connectivity index (χ4v) is 3.90. The molecule has 0 radical (unpaired) electrons. The minimum Gasteiger partial charge on any atom is -0.490 e. The molecule has 28 heavy (non-hydrogen) atoms. The number of rotatable bonds is 7. The number of carbonyl (C=O) groups is 1. The Bertz CT molecular complexity index is 957. The molecule has 0 spiro atoms. The fraction of sp³-hybridized carbons (Fsp3) is 0.250. The summed E-state index contributed by atoms with van der Waals surface area (Å²) in [5, 5.41) is 2.75. The summed E-state index contributed by atoms with van der Waals surface area (Å²) in [6.07, 6.45) is 0.678. The molecule has 0 bridgehead atoms. The van der Waals surface area contributed by atoms with E-state index >= 15 is 0 Å². The molecule has 3 rings (SSSR count). The van der Waals surface area contributed by atoms with Gasteiger partial charge in [-0.1, -0.05) is 24.8 Å². The molecule has 1 aliphatic rings. The number of para-hydroxylation sites is 2. The van der Waals surface area contributed by atoms with E-state index in [2.05, 4.69) is 11.9 Å². The summed E-state index contributed by atoms with van der Waals surface area (Å²) in [6.45, 7) is 5.46. The third kappa shape index (κ3) is 4.28. The second kappa shape index (κ2) is 8.35. The minimum absolute atomic E-state index is 0.0676. The van der Waals surface area contributed by atoms with Crippen molar-refractivity contribution in [3.05, 3.63) is 61.2 Å². The van der Waals surface area contributed by atoms with Crippen LogP contribution in [-0.4, -0.2) is 39.3 Å². The molecule has 1 aliphatic heterocycles. The third-order valence-electron chi connectivity index (χ3n) is 4.22. The van der Waals surface area contributed by atoms with E-state index in [9.17, 15) is 13.2 Å². The van der Waals surface area contributed by atoms with Gasteiger partial charge in [-0.25, -0.2) is 8.42 Å². The van der Waals surface area contributed by atoms with E-state index in [4.69, 9.17) is 9.47 Å². The van der Waals surface area contributed by atoms with Gasteiger partial charge in [0, 0.05) is 5.69 Å². The van der Waals surface area contributed by atoms with Crippen molar-refractivity contribution < 1.29 is 22.7 Å². The second-order valence-electron chi connectivity index (χ2n) is 6.12. The first-order valence-electron chi connectivity index (χ1n) is 8.85. The molecule has 1 N–H and O–H groups in total. The molecular formula is C20H22N2O5S. The fourth-order valence-electron chi connectivity index (χ4n) is 2.77. The van der Waals surface area contributed by atoms with Gasteiger partial charge in [0.05, 0.1) is 18.0 Å². The topological polar surface area (TPSA) is 84.9 Å². The maximum atomic E-state index is 12.7. The van der Waals surface area contributed by atoms with Crippen LogP contribution in [0.4, 0.5) is 11.4 Å². The molecule has 2 aromatic carbocycles. The summed E-state index contributed by atoms with van der Waals surface area (Å²) < 4.78 is 37.4. The minimum atomic E-state index is -3.54. The summed E-state index contributed by atoms with van der Waals surface area (Å²) in [6, 6.07) is 13.6. The van der Waals surface area contributed by atoms with E-state index in [1.807, 2.05) is 0 Å². The molecule has 0 aromatic heterocycles. The molecule has 1 atom stereocenters. The molecule has 0 aliphatic carbocycles. The lowest BCUT2D eigenvalue weighted by molar-refractivity contribution is -0.122. The van der Waals surface area contributed by atoms with Gasteiger partial charge in [-0.05, 0) is 43.3 Å². The van der Waals surface area contributed by atoms with Crippen molar-refractivity contribution >= 4 is 27.3 Å². The van der Waals surface area contributed by atoms with Gasteiger partial charge in [0.25, 0.3) is 5.91 Å². The number of hydrogen-bond acceptors (Lipinski definition) is 5. The molecule has 148 valence electrons. The number of fused-ring (bicyclic) bond motifs is 1. The van der Waals surface area contributed by atoms with Crippen molar-refractivity contribution in [1.29, 1.82) is 0 Å². The van der Waals surface area contributed by atoms with Crippen LogP contribution >= 0.6 is 0 Å². The van der Waals surface area contributed by atoms with E-state index < -0.39 is 22.0 Å². The Morgan fingerprint density at radius 1 is 1.29 bits per heavy atom. The quantitative estimate of drug-likeness (QED) is 0.720. The number of carbonyl (C=O) groups excluding carboxylic acids is 1. The average Bonchev–Trinajstić information content (AvgIpc) is 2.72. The van der Waals surface area contributed by atoms with Gasteiger partial charge in [0.1, 0.15) is 18.1 Å². The van der Waals surface area contributed by atoms with Crippen molar-refractivity contribution in [2.24, 2.45) is 0 Å². The SMILES string of the molecule is C=CCOc1ccc(NC(=O)[C@@H]2CN(S(=O)(=O)CC)c3ccccc3O2)cc1. The van der Waals surface area contributed by atoms with Gasteiger partial charge >= 0.3 is 0 Å². The second-order valence-corrected chi connectivity index (χ2v) is 8.30. The number of nitrogens with one attached hydrogen (secondary N) is 1. The molecule has 0 saturated heterocycles. The maximum Gasteiger partial charge on any atom is 0.267 e. The smallest absolute Gasteiger partial charge is 0.267 e. The van der Waals surface area contributed by atoms with Crippen LogP contribution in [0.2, 0.25) is 0 Å². The molecular weight excluding hydrogens is 380 g/mol. The highest BCUT2D eigenvalue weighted by Crippen LogP contribution is 2.35. The zero-order chi connectivity index (χ0) is 20.1. The van der Waals surface area contributed by atoms with Crippen molar-refractivity contribution in [2.75, 3.05) is 28.5 Å². The van der Waals surface area contributed by atoms with Crippen LogP contribution in [0.15, 0.2) is 61.2 Å². The summed E-state index contributed by atoms with van der Waals surface area (Å²) in [7, 11) is -3.54. The first kappa shape index (κ1) is 19.8. The molecule has 7 nitrogen and oxygen atoms in total. The Labute approximate surface area is 164 Å². The van der Waals surface area contributed by atoms with E-state index in [1.165, 1.54) is 4.31 Å². The van der Waals surface area contributed by atoms with Crippen molar-refractivity contribution in [2.45, 2.75) is 13.0 Å². The molecule has 8 heteroatoms. The summed E-state index contributed by atoms with van der Waals surface area (Å²) in [4.78, 5) is 12.7. The van der Waals surface area contributed by atoms with Gasteiger partial charge in [-0.2, -0.15) is 0 Å². The van der Waals surface area contributed by atoms with Crippen molar-refractivity contribution in [3.63, 3.8) is 0 Å². The van der Waals surface area contributed by atoms with Crippen LogP contribution < -0.4 is 19.1 Å². The van der Waals surface area contributed by atoms with E-state index in [0.29, 0.717) is 29.5 Å². The number of amides is 1. The van der Waals surface area contributed by atoms with E-state index in [-0.39, 0.29) is 12.3 Å². The first-order chi connectivity index (χ1) is 13.4. The van der Waals surface area contributed by atoms with Crippen molar-refractivity contribution in [3.8, 4) is 11.5 Å². The standard InChI is InChI=1S/C20H22N2O5S/c1-3-13-26-16-11-9-15(10-12-16)21-20(23)19-14-22(28(24,25)4-2)17-7-5-6-8-18(17)27-19/h3,5-12,19H,1,4,13-14H2,2H3,(H,21,23)/t19-/m0/s1.